The summed E-state index contributed by atoms with van der Waals surface area (Å²) in [6.45, 7) is 2.66. The highest BCUT2D eigenvalue weighted by atomic mass is 16.2. The van der Waals surface area contributed by atoms with Gasteiger partial charge in [0.25, 0.3) is 5.91 Å². The second kappa shape index (κ2) is 10.2. The predicted molar refractivity (Wildman–Crippen MR) is 128 cm³/mol. The fourth-order valence-corrected chi connectivity index (χ4v) is 4.15. The third-order valence-corrected chi connectivity index (χ3v) is 5.90. The Morgan fingerprint density at radius 1 is 0.938 bits per heavy atom. The molecule has 1 aliphatic rings. The van der Waals surface area contributed by atoms with Crippen LogP contribution in [0.5, 0.6) is 0 Å². The maximum atomic E-state index is 12.8. The quantitative estimate of drug-likeness (QED) is 0.519. The SMILES string of the molecule is Cc1ccc(CNC(=O)c2ccccc2NC(=O)CN[C@@H]2CCCc3ccccc32)cc1. The number of carbonyl (C=O) groups is 2. The number of hydrogen-bond donors (Lipinski definition) is 3. The fourth-order valence-electron chi connectivity index (χ4n) is 4.15. The van der Waals surface area contributed by atoms with E-state index in [1.165, 1.54) is 16.7 Å². The summed E-state index contributed by atoms with van der Waals surface area (Å²) in [4.78, 5) is 25.4. The summed E-state index contributed by atoms with van der Waals surface area (Å²) < 4.78 is 0. The minimum atomic E-state index is -0.212. The highest BCUT2D eigenvalue weighted by molar-refractivity contribution is 6.04. The molecule has 1 atom stereocenters. The Labute approximate surface area is 189 Å². The number of hydrogen-bond acceptors (Lipinski definition) is 3. The summed E-state index contributed by atoms with van der Waals surface area (Å²) in [7, 11) is 0. The molecule has 0 unspecified atom stereocenters. The third kappa shape index (κ3) is 5.42. The van der Waals surface area contributed by atoms with Gasteiger partial charge in [-0.3, -0.25) is 9.59 Å². The van der Waals surface area contributed by atoms with Crippen LogP contribution in [0.1, 0.15) is 51.5 Å². The molecule has 3 aromatic rings. The maximum Gasteiger partial charge on any atom is 0.253 e. The van der Waals surface area contributed by atoms with Crippen LogP contribution in [0.4, 0.5) is 5.69 Å². The van der Waals surface area contributed by atoms with Crippen LogP contribution < -0.4 is 16.0 Å². The van der Waals surface area contributed by atoms with Gasteiger partial charge in [-0.15, -0.1) is 0 Å². The van der Waals surface area contributed by atoms with E-state index < -0.39 is 0 Å². The van der Waals surface area contributed by atoms with E-state index in [9.17, 15) is 9.59 Å². The lowest BCUT2D eigenvalue weighted by atomic mass is 9.88. The molecule has 0 saturated heterocycles. The third-order valence-electron chi connectivity index (χ3n) is 5.90. The van der Waals surface area contributed by atoms with Crippen molar-refractivity contribution >= 4 is 17.5 Å². The number of nitrogens with one attached hydrogen (secondary N) is 3. The molecule has 0 aliphatic heterocycles. The molecule has 0 heterocycles. The first-order valence-electron chi connectivity index (χ1n) is 11.1. The van der Waals surface area contributed by atoms with Gasteiger partial charge in [-0.05, 0) is 55.0 Å². The van der Waals surface area contributed by atoms with Crippen molar-refractivity contribution in [3.63, 3.8) is 0 Å². The largest absolute Gasteiger partial charge is 0.348 e. The van der Waals surface area contributed by atoms with Gasteiger partial charge in [0.05, 0.1) is 17.8 Å². The zero-order valence-corrected chi connectivity index (χ0v) is 18.4. The molecule has 0 spiro atoms. The van der Waals surface area contributed by atoms with E-state index in [1.54, 1.807) is 18.2 Å². The lowest BCUT2D eigenvalue weighted by molar-refractivity contribution is -0.115. The summed E-state index contributed by atoms with van der Waals surface area (Å²) in [6, 6.07) is 23.7. The zero-order chi connectivity index (χ0) is 22.3. The van der Waals surface area contributed by atoms with Gasteiger partial charge in [-0.1, -0.05) is 66.2 Å². The van der Waals surface area contributed by atoms with Gasteiger partial charge in [0.15, 0.2) is 0 Å². The standard InChI is InChI=1S/C27H29N3O2/c1-19-13-15-20(16-14-19)17-29-27(32)23-10-4-5-11-25(23)30-26(31)18-28-24-12-6-8-21-7-2-3-9-22(21)24/h2-5,7,9-11,13-16,24,28H,6,8,12,17-18H2,1H3,(H,29,32)(H,30,31)/t24-/m1/s1. The lowest BCUT2D eigenvalue weighted by Crippen LogP contribution is -2.33. The molecule has 164 valence electrons. The lowest BCUT2D eigenvalue weighted by Gasteiger charge is -2.26. The number of amides is 2. The van der Waals surface area contributed by atoms with Crippen molar-refractivity contribution in [2.24, 2.45) is 0 Å². The summed E-state index contributed by atoms with van der Waals surface area (Å²) in [5.41, 5.74) is 5.82. The molecule has 4 rings (SSSR count). The Balaban J connectivity index is 1.35. The van der Waals surface area contributed by atoms with Crippen molar-refractivity contribution in [1.29, 1.82) is 0 Å². The first kappa shape index (κ1) is 21.8. The summed E-state index contributed by atoms with van der Waals surface area (Å²) in [6.07, 6.45) is 3.22. The zero-order valence-electron chi connectivity index (χ0n) is 18.4. The summed E-state index contributed by atoms with van der Waals surface area (Å²) in [5, 5.41) is 9.22. The van der Waals surface area contributed by atoms with Gasteiger partial charge >= 0.3 is 0 Å². The summed E-state index contributed by atoms with van der Waals surface area (Å²) in [5.74, 6) is -0.373. The predicted octanol–water partition coefficient (Wildman–Crippen LogP) is 4.53. The second-order valence-corrected chi connectivity index (χ2v) is 8.29. The highest BCUT2D eigenvalue weighted by Crippen LogP contribution is 2.29. The van der Waals surface area contributed by atoms with Crippen LogP contribution >= 0.6 is 0 Å². The average Bonchev–Trinajstić information content (AvgIpc) is 2.82. The van der Waals surface area contributed by atoms with Crippen LogP contribution in [0.2, 0.25) is 0 Å². The van der Waals surface area contributed by atoms with E-state index in [1.807, 2.05) is 43.3 Å². The molecule has 5 heteroatoms. The molecule has 0 aromatic heterocycles. The van der Waals surface area contributed by atoms with Crippen molar-refractivity contribution in [2.75, 3.05) is 11.9 Å². The molecule has 32 heavy (non-hydrogen) atoms. The highest BCUT2D eigenvalue weighted by Gasteiger charge is 2.20. The van der Waals surface area contributed by atoms with Crippen molar-refractivity contribution in [3.8, 4) is 0 Å². The number of fused-ring (bicyclic) bond motifs is 1. The Bertz CT molecular complexity index is 1090. The number of benzene rings is 3. The number of aryl methyl sites for hydroxylation is 2. The van der Waals surface area contributed by atoms with Crippen LogP contribution in [-0.2, 0) is 17.8 Å². The van der Waals surface area contributed by atoms with E-state index in [0.717, 1.165) is 24.8 Å². The van der Waals surface area contributed by atoms with Crippen LogP contribution in [0, 0.1) is 6.92 Å². The second-order valence-electron chi connectivity index (χ2n) is 8.29. The number of para-hydroxylation sites is 1. The Kier molecular flexibility index (Phi) is 6.97. The smallest absolute Gasteiger partial charge is 0.253 e. The molecule has 0 fully saturated rings. The van der Waals surface area contributed by atoms with E-state index in [2.05, 4.69) is 34.1 Å². The van der Waals surface area contributed by atoms with Crippen LogP contribution in [0.3, 0.4) is 0 Å². The number of carbonyl (C=O) groups excluding carboxylic acids is 2. The van der Waals surface area contributed by atoms with E-state index >= 15 is 0 Å². The molecule has 0 bridgehead atoms. The molecular formula is C27H29N3O2. The first-order chi connectivity index (χ1) is 15.6. The molecule has 1 aliphatic carbocycles. The van der Waals surface area contributed by atoms with E-state index in [4.69, 9.17) is 0 Å². The van der Waals surface area contributed by atoms with Crippen molar-refractivity contribution < 1.29 is 9.59 Å². The van der Waals surface area contributed by atoms with Gasteiger partial charge in [0.2, 0.25) is 5.91 Å². The van der Waals surface area contributed by atoms with E-state index in [-0.39, 0.29) is 24.4 Å². The Hall–Kier alpha value is -3.44. The fraction of sp³-hybridized carbons (Fsp3) is 0.259. The van der Waals surface area contributed by atoms with Crippen LogP contribution in [-0.4, -0.2) is 18.4 Å². The van der Waals surface area contributed by atoms with Crippen LogP contribution in [0.25, 0.3) is 0 Å². The first-order valence-corrected chi connectivity index (χ1v) is 11.1. The van der Waals surface area contributed by atoms with Crippen molar-refractivity contribution in [3.05, 3.63) is 101 Å². The number of anilines is 1. The summed E-state index contributed by atoms with van der Waals surface area (Å²) >= 11 is 0. The normalized spacial score (nSPS) is 15.0. The van der Waals surface area contributed by atoms with Crippen LogP contribution in [0.15, 0.2) is 72.8 Å². The van der Waals surface area contributed by atoms with Gasteiger partial charge < -0.3 is 16.0 Å². The molecule has 3 N–H and O–H groups in total. The van der Waals surface area contributed by atoms with Gasteiger partial charge in [0, 0.05) is 12.6 Å². The minimum Gasteiger partial charge on any atom is -0.348 e. The molecule has 0 saturated carbocycles. The Morgan fingerprint density at radius 3 is 2.53 bits per heavy atom. The number of rotatable bonds is 7. The Morgan fingerprint density at radius 2 is 1.69 bits per heavy atom. The van der Waals surface area contributed by atoms with Gasteiger partial charge in [-0.2, -0.15) is 0 Å². The molecule has 2 amide bonds. The molecular weight excluding hydrogens is 398 g/mol. The van der Waals surface area contributed by atoms with Crippen molar-refractivity contribution in [2.45, 2.75) is 38.8 Å². The molecule has 3 aromatic carbocycles. The maximum absolute atomic E-state index is 12.8. The minimum absolute atomic E-state index is 0.160. The van der Waals surface area contributed by atoms with Crippen molar-refractivity contribution in [1.82, 2.24) is 10.6 Å². The molecule has 0 radical (unpaired) electrons. The van der Waals surface area contributed by atoms with E-state index in [0.29, 0.717) is 17.8 Å². The average molecular weight is 428 g/mol. The van der Waals surface area contributed by atoms with Gasteiger partial charge in [0.1, 0.15) is 0 Å². The molecule has 5 nitrogen and oxygen atoms in total. The monoisotopic (exact) mass is 427 g/mol. The topological polar surface area (TPSA) is 70.2 Å². The van der Waals surface area contributed by atoms with Gasteiger partial charge in [-0.25, -0.2) is 0 Å².